The fraction of sp³-hybridized carbons (Fsp3) is 0.818. The van der Waals surface area contributed by atoms with E-state index in [0.717, 1.165) is 42.9 Å². The molecule has 150 valence electrons. The maximum atomic E-state index is 12.1. The number of nitrogens with two attached hydrogens (primary N) is 1. The van der Waals surface area contributed by atoms with E-state index in [1.54, 1.807) is 0 Å². The summed E-state index contributed by atoms with van der Waals surface area (Å²) in [6.45, 7) is 1.83. The van der Waals surface area contributed by atoms with E-state index in [2.05, 4.69) is 11.4 Å². The third-order valence-corrected chi connectivity index (χ3v) is 8.57. The van der Waals surface area contributed by atoms with E-state index in [9.17, 15) is 14.7 Å². The smallest absolute Gasteiger partial charge is 0.330 e. The number of carbonyl (C=O) groups is 2. The van der Waals surface area contributed by atoms with Crippen LogP contribution in [0.15, 0.2) is 11.6 Å². The summed E-state index contributed by atoms with van der Waals surface area (Å²) in [4.78, 5) is 23.6. The van der Waals surface area contributed by atoms with Gasteiger partial charge >= 0.3 is 12.0 Å². The van der Waals surface area contributed by atoms with Gasteiger partial charge in [-0.25, -0.2) is 9.59 Å². The molecule has 4 aliphatic rings. The molecular formula is C22H34N2O3. The van der Waals surface area contributed by atoms with Crippen LogP contribution in [-0.4, -0.2) is 22.6 Å². The van der Waals surface area contributed by atoms with Crippen LogP contribution in [0.25, 0.3) is 0 Å². The van der Waals surface area contributed by atoms with E-state index in [-0.39, 0.29) is 5.92 Å². The van der Waals surface area contributed by atoms with Crippen molar-refractivity contribution in [1.82, 2.24) is 5.32 Å². The Balaban J connectivity index is 1.57. The van der Waals surface area contributed by atoms with Gasteiger partial charge in [0.25, 0.3) is 0 Å². The number of primary amides is 1. The lowest BCUT2D eigenvalue weighted by atomic mass is 9.55. The fourth-order valence-electron chi connectivity index (χ4n) is 7.37. The van der Waals surface area contributed by atoms with Crippen LogP contribution in [0, 0.1) is 35.5 Å². The highest BCUT2D eigenvalue weighted by atomic mass is 16.4. The van der Waals surface area contributed by atoms with Crippen LogP contribution in [0.4, 0.5) is 4.79 Å². The Morgan fingerprint density at radius 1 is 1.11 bits per heavy atom. The number of carboxylic acids is 1. The Hall–Kier alpha value is -1.52. The number of hydrogen-bond donors (Lipinski definition) is 3. The molecule has 3 saturated carbocycles. The first-order chi connectivity index (χ1) is 13.0. The predicted molar refractivity (Wildman–Crippen MR) is 104 cm³/mol. The molecule has 0 aromatic heterocycles. The van der Waals surface area contributed by atoms with Gasteiger partial charge < -0.3 is 16.2 Å². The second kappa shape index (κ2) is 7.14. The second-order valence-corrected chi connectivity index (χ2v) is 9.45. The summed E-state index contributed by atoms with van der Waals surface area (Å²) in [6.07, 6.45) is 13.9. The Morgan fingerprint density at radius 2 is 1.93 bits per heavy atom. The van der Waals surface area contributed by atoms with Crippen molar-refractivity contribution in [2.45, 2.75) is 76.7 Å². The van der Waals surface area contributed by atoms with Crippen LogP contribution >= 0.6 is 0 Å². The van der Waals surface area contributed by atoms with E-state index in [1.165, 1.54) is 44.1 Å². The number of hydrogen-bond acceptors (Lipinski definition) is 2. The van der Waals surface area contributed by atoms with Crippen LogP contribution in [0.5, 0.6) is 0 Å². The minimum atomic E-state index is -1.27. The zero-order valence-electron chi connectivity index (χ0n) is 16.5. The lowest BCUT2D eigenvalue weighted by Gasteiger charge is -2.51. The summed E-state index contributed by atoms with van der Waals surface area (Å²) < 4.78 is 0. The minimum Gasteiger partial charge on any atom is -0.479 e. The van der Waals surface area contributed by atoms with Crippen LogP contribution in [0.3, 0.4) is 0 Å². The topological polar surface area (TPSA) is 92.4 Å². The molecule has 0 spiro atoms. The molecule has 4 aliphatic carbocycles. The van der Waals surface area contributed by atoms with E-state index >= 15 is 0 Å². The van der Waals surface area contributed by atoms with Gasteiger partial charge in [-0.1, -0.05) is 31.4 Å². The molecule has 0 heterocycles. The molecule has 5 nitrogen and oxygen atoms in total. The van der Waals surface area contributed by atoms with Crippen LogP contribution in [0.2, 0.25) is 0 Å². The van der Waals surface area contributed by atoms with Gasteiger partial charge in [0.2, 0.25) is 0 Å². The SMILES string of the molecule is CCC(NC(N)=O)(C(=O)O)C1C=C2CCC3C4CCCC4CCC3C2CC1. The standard InChI is InChI=1S/C22H34N2O3/c1-2-22(20(25)26,24-21(23)27)15-8-11-17-14(12-15)7-10-18-16-5-3-4-13(16)6-9-19(17)18/h12-13,15-19H,2-11H2,1H3,(H,25,26)(H3,23,24,27). The van der Waals surface area contributed by atoms with Crippen molar-refractivity contribution in [2.75, 3.05) is 0 Å². The number of amides is 2. The summed E-state index contributed by atoms with van der Waals surface area (Å²) in [6, 6.07) is -0.747. The first-order valence-corrected chi connectivity index (χ1v) is 11.0. The van der Waals surface area contributed by atoms with Crippen LogP contribution < -0.4 is 11.1 Å². The summed E-state index contributed by atoms with van der Waals surface area (Å²) in [5, 5.41) is 12.5. The summed E-state index contributed by atoms with van der Waals surface area (Å²) >= 11 is 0. The summed E-state index contributed by atoms with van der Waals surface area (Å²) in [5.74, 6) is 3.13. The molecule has 0 aromatic carbocycles. The van der Waals surface area contributed by atoms with Gasteiger partial charge in [-0.15, -0.1) is 0 Å². The molecule has 4 rings (SSSR count). The van der Waals surface area contributed by atoms with Crippen LogP contribution in [0.1, 0.15) is 71.1 Å². The molecule has 0 aromatic rings. The maximum Gasteiger partial charge on any atom is 0.330 e. The number of allylic oxidation sites excluding steroid dienone is 1. The molecule has 3 fully saturated rings. The molecule has 2 amide bonds. The van der Waals surface area contributed by atoms with E-state index in [4.69, 9.17) is 5.73 Å². The Morgan fingerprint density at radius 3 is 2.63 bits per heavy atom. The molecule has 5 heteroatoms. The summed E-state index contributed by atoms with van der Waals surface area (Å²) in [5.41, 5.74) is 5.53. The third-order valence-electron chi connectivity index (χ3n) is 8.57. The Bertz CT molecular complexity index is 645. The fourth-order valence-corrected chi connectivity index (χ4v) is 7.37. The quantitative estimate of drug-likeness (QED) is 0.647. The monoisotopic (exact) mass is 374 g/mol. The number of carboxylic acid groups (broad SMARTS) is 1. The van der Waals surface area contributed by atoms with Crippen molar-refractivity contribution in [3.8, 4) is 0 Å². The van der Waals surface area contributed by atoms with Gasteiger partial charge in [0.1, 0.15) is 5.54 Å². The Kier molecular flexibility index (Phi) is 4.98. The largest absolute Gasteiger partial charge is 0.479 e. The zero-order valence-corrected chi connectivity index (χ0v) is 16.5. The average Bonchev–Trinajstić information content (AvgIpc) is 3.14. The number of fused-ring (bicyclic) bond motifs is 5. The number of aliphatic carboxylic acids is 1. The highest BCUT2D eigenvalue weighted by Crippen LogP contribution is 2.57. The van der Waals surface area contributed by atoms with Crippen molar-refractivity contribution >= 4 is 12.0 Å². The first-order valence-electron chi connectivity index (χ1n) is 11.0. The number of urea groups is 1. The van der Waals surface area contributed by atoms with Gasteiger partial charge in [0, 0.05) is 5.92 Å². The predicted octanol–water partition coefficient (Wildman–Crippen LogP) is 4.08. The Labute approximate surface area is 162 Å². The number of nitrogens with one attached hydrogen (secondary N) is 1. The molecule has 0 bridgehead atoms. The van der Waals surface area contributed by atoms with Gasteiger partial charge in [0.15, 0.2) is 0 Å². The average molecular weight is 375 g/mol. The minimum absolute atomic E-state index is 0.168. The maximum absolute atomic E-state index is 12.1. The molecular weight excluding hydrogens is 340 g/mol. The zero-order chi connectivity index (χ0) is 19.2. The van der Waals surface area contributed by atoms with Crippen molar-refractivity contribution in [3.63, 3.8) is 0 Å². The molecule has 0 radical (unpaired) electrons. The first kappa shape index (κ1) is 18.8. The van der Waals surface area contributed by atoms with E-state index in [1.807, 2.05) is 6.92 Å². The molecule has 7 atom stereocenters. The lowest BCUT2D eigenvalue weighted by Crippen LogP contribution is -2.60. The van der Waals surface area contributed by atoms with Gasteiger partial charge in [-0.05, 0) is 81.0 Å². The summed E-state index contributed by atoms with van der Waals surface area (Å²) in [7, 11) is 0. The van der Waals surface area contributed by atoms with Crippen LogP contribution in [-0.2, 0) is 4.79 Å². The van der Waals surface area contributed by atoms with Gasteiger partial charge in [-0.3, -0.25) is 0 Å². The van der Waals surface area contributed by atoms with Crippen molar-refractivity contribution in [3.05, 3.63) is 11.6 Å². The number of rotatable bonds is 4. The molecule has 0 aliphatic heterocycles. The third kappa shape index (κ3) is 3.07. The van der Waals surface area contributed by atoms with E-state index < -0.39 is 17.5 Å². The van der Waals surface area contributed by atoms with Gasteiger partial charge in [-0.2, -0.15) is 0 Å². The number of carbonyl (C=O) groups excluding carboxylic acids is 1. The highest BCUT2D eigenvalue weighted by molar-refractivity contribution is 5.86. The van der Waals surface area contributed by atoms with Crippen molar-refractivity contribution < 1.29 is 14.7 Å². The molecule has 4 N–H and O–H groups in total. The van der Waals surface area contributed by atoms with Gasteiger partial charge in [0.05, 0.1) is 0 Å². The second-order valence-electron chi connectivity index (χ2n) is 9.45. The van der Waals surface area contributed by atoms with E-state index in [0.29, 0.717) is 12.3 Å². The molecule has 27 heavy (non-hydrogen) atoms. The molecule has 7 unspecified atom stereocenters. The lowest BCUT2D eigenvalue weighted by molar-refractivity contribution is -0.146. The van der Waals surface area contributed by atoms with Crippen molar-refractivity contribution in [1.29, 1.82) is 0 Å². The normalized spacial score (nSPS) is 40.0. The molecule has 0 saturated heterocycles. The highest BCUT2D eigenvalue weighted by Gasteiger charge is 2.51. The van der Waals surface area contributed by atoms with Crippen molar-refractivity contribution in [2.24, 2.45) is 41.2 Å².